The Bertz CT molecular complexity index is 544. The molecule has 19 heavy (non-hydrogen) atoms. The molecular formula is C10H19N5O3S. The van der Waals surface area contributed by atoms with E-state index in [1.807, 2.05) is 6.92 Å². The number of aryl methyl sites for hydroxylation is 2. The van der Waals surface area contributed by atoms with Gasteiger partial charge in [-0.3, -0.25) is 5.10 Å². The fourth-order valence-corrected chi connectivity index (χ4v) is 3.47. The maximum absolute atomic E-state index is 12.3. The highest BCUT2D eigenvalue weighted by Crippen LogP contribution is 2.17. The molecule has 0 aliphatic rings. The van der Waals surface area contributed by atoms with Gasteiger partial charge in [0.05, 0.1) is 11.4 Å². The van der Waals surface area contributed by atoms with Gasteiger partial charge in [0.25, 0.3) is 0 Å². The fourth-order valence-electron chi connectivity index (χ4n) is 1.78. The van der Waals surface area contributed by atoms with E-state index in [1.165, 1.54) is 0 Å². The van der Waals surface area contributed by atoms with Crippen molar-refractivity contribution in [2.24, 2.45) is 10.9 Å². The molecule has 0 aliphatic heterocycles. The summed E-state index contributed by atoms with van der Waals surface area (Å²) < 4.78 is 27.1. The number of sulfonamides is 1. The molecule has 5 N–H and O–H groups in total. The molecule has 0 bridgehead atoms. The van der Waals surface area contributed by atoms with Crippen LogP contribution in [-0.4, -0.2) is 35.7 Å². The van der Waals surface area contributed by atoms with Crippen molar-refractivity contribution in [3.63, 3.8) is 0 Å². The Morgan fingerprint density at radius 1 is 1.58 bits per heavy atom. The molecule has 0 saturated carbocycles. The van der Waals surface area contributed by atoms with Crippen LogP contribution in [0.25, 0.3) is 0 Å². The molecule has 108 valence electrons. The summed E-state index contributed by atoms with van der Waals surface area (Å²) in [5, 5.41) is 17.9. The number of hydrogen-bond acceptors (Lipinski definition) is 5. The van der Waals surface area contributed by atoms with E-state index in [-0.39, 0.29) is 17.2 Å². The van der Waals surface area contributed by atoms with E-state index in [4.69, 9.17) is 10.9 Å². The van der Waals surface area contributed by atoms with Gasteiger partial charge >= 0.3 is 0 Å². The second-order valence-electron chi connectivity index (χ2n) is 4.29. The smallest absolute Gasteiger partial charge is 0.244 e. The van der Waals surface area contributed by atoms with Gasteiger partial charge in [0.2, 0.25) is 10.0 Å². The van der Waals surface area contributed by atoms with Gasteiger partial charge in [0, 0.05) is 12.5 Å². The summed E-state index contributed by atoms with van der Waals surface area (Å²) in [7, 11) is -3.68. The summed E-state index contributed by atoms with van der Waals surface area (Å²) in [5.41, 5.74) is 6.28. The molecule has 9 heteroatoms. The molecule has 1 aromatic heterocycles. The molecular weight excluding hydrogens is 270 g/mol. The number of hydrogen-bond donors (Lipinski definition) is 4. The molecule has 1 aromatic rings. The summed E-state index contributed by atoms with van der Waals surface area (Å²) in [6.07, 6.45) is 0.660. The van der Waals surface area contributed by atoms with Crippen LogP contribution in [-0.2, 0) is 10.0 Å². The first-order valence-corrected chi connectivity index (χ1v) is 7.30. The Balaban J connectivity index is 2.96. The summed E-state index contributed by atoms with van der Waals surface area (Å²) in [5.74, 6) is -0.0183. The van der Waals surface area contributed by atoms with E-state index < -0.39 is 16.1 Å². The summed E-state index contributed by atoms with van der Waals surface area (Å²) >= 11 is 0. The Morgan fingerprint density at radius 2 is 2.21 bits per heavy atom. The molecule has 0 spiro atoms. The zero-order valence-electron chi connectivity index (χ0n) is 11.1. The molecule has 0 aromatic carbocycles. The van der Waals surface area contributed by atoms with Crippen molar-refractivity contribution in [3.8, 4) is 0 Å². The predicted octanol–water partition coefficient (Wildman–Crippen LogP) is 0.220. The SMILES string of the molecule is CCC(CC(N)=NO)NS(=O)(=O)c1c(C)n[nH]c1C. The van der Waals surface area contributed by atoms with E-state index >= 15 is 0 Å². The fraction of sp³-hybridized carbons (Fsp3) is 0.600. The molecule has 0 saturated heterocycles. The largest absolute Gasteiger partial charge is 0.409 e. The van der Waals surface area contributed by atoms with E-state index in [0.29, 0.717) is 17.8 Å². The maximum Gasteiger partial charge on any atom is 0.244 e. The van der Waals surface area contributed by atoms with Crippen molar-refractivity contribution >= 4 is 15.9 Å². The number of rotatable bonds is 6. The molecule has 1 unspecified atom stereocenters. The lowest BCUT2D eigenvalue weighted by Gasteiger charge is -2.16. The maximum atomic E-state index is 12.3. The van der Waals surface area contributed by atoms with E-state index in [2.05, 4.69) is 20.1 Å². The molecule has 8 nitrogen and oxygen atoms in total. The zero-order valence-corrected chi connectivity index (χ0v) is 12.0. The minimum absolute atomic E-state index is 0.0183. The molecule has 1 rings (SSSR count). The van der Waals surface area contributed by atoms with Gasteiger partial charge < -0.3 is 10.9 Å². The first-order chi connectivity index (χ1) is 8.81. The van der Waals surface area contributed by atoms with Crippen LogP contribution < -0.4 is 10.5 Å². The molecule has 1 atom stereocenters. The number of aromatic nitrogens is 2. The number of nitrogens with zero attached hydrogens (tertiary/aromatic N) is 2. The number of aromatic amines is 1. The molecule has 0 fully saturated rings. The molecule has 0 amide bonds. The van der Waals surface area contributed by atoms with Crippen molar-refractivity contribution in [1.82, 2.24) is 14.9 Å². The number of amidine groups is 1. The van der Waals surface area contributed by atoms with Gasteiger partial charge in [-0.15, -0.1) is 0 Å². The van der Waals surface area contributed by atoms with Crippen LogP contribution in [0.4, 0.5) is 0 Å². The standard InChI is InChI=1S/C10H19N5O3S/c1-4-8(5-9(11)14-16)15-19(17,18)10-6(2)12-13-7(10)3/h8,15-16H,4-5H2,1-3H3,(H2,11,14)(H,12,13). The average molecular weight is 289 g/mol. The predicted molar refractivity (Wildman–Crippen MR) is 70.5 cm³/mol. The van der Waals surface area contributed by atoms with E-state index in [0.717, 1.165) is 0 Å². The monoisotopic (exact) mass is 289 g/mol. The van der Waals surface area contributed by atoms with E-state index in [1.54, 1.807) is 13.8 Å². The van der Waals surface area contributed by atoms with Crippen LogP contribution in [0.3, 0.4) is 0 Å². The molecule has 0 aliphatic carbocycles. The Labute approximate surface area is 112 Å². The van der Waals surface area contributed by atoms with Crippen LogP contribution >= 0.6 is 0 Å². The van der Waals surface area contributed by atoms with Crippen LogP contribution in [0, 0.1) is 13.8 Å². The quantitative estimate of drug-likeness (QED) is 0.257. The lowest BCUT2D eigenvalue weighted by Crippen LogP contribution is -2.37. The molecule has 1 heterocycles. The van der Waals surface area contributed by atoms with Crippen LogP contribution in [0.1, 0.15) is 31.2 Å². The van der Waals surface area contributed by atoms with E-state index in [9.17, 15) is 8.42 Å². The first kappa shape index (κ1) is 15.4. The third-order valence-corrected chi connectivity index (χ3v) is 4.51. The second-order valence-corrected chi connectivity index (χ2v) is 5.94. The lowest BCUT2D eigenvalue weighted by molar-refractivity contribution is 0.316. The van der Waals surface area contributed by atoms with Crippen molar-refractivity contribution in [3.05, 3.63) is 11.4 Å². The first-order valence-electron chi connectivity index (χ1n) is 5.82. The van der Waals surface area contributed by atoms with Crippen LogP contribution in [0.15, 0.2) is 10.1 Å². The van der Waals surface area contributed by atoms with Crippen molar-refractivity contribution in [1.29, 1.82) is 0 Å². The van der Waals surface area contributed by atoms with Gasteiger partial charge in [-0.2, -0.15) is 5.10 Å². The number of oxime groups is 1. The highest BCUT2D eigenvalue weighted by atomic mass is 32.2. The van der Waals surface area contributed by atoms with Gasteiger partial charge in [0.15, 0.2) is 0 Å². The van der Waals surface area contributed by atoms with Crippen molar-refractivity contribution < 1.29 is 13.6 Å². The van der Waals surface area contributed by atoms with Crippen LogP contribution in [0.5, 0.6) is 0 Å². The Hall–Kier alpha value is -1.61. The normalized spacial score (nSPS) is 14.6. The summed E-state index contributed by atoms with van der Waals surface area (Å²) in [4.78, 5) is 0.144. The average Bonchev–Trinajstić information content (AvgIpc) is 2.68. The minimum Gasteiger partial charge on any atom is -0.409 e. The van der Waals surface area contributed by atoms with Gasteiger partial charge in [-0.05, 0) is 20.3 Å². The van der Waals surface area contributed by atoms with Crippen LogP contribution in [0.2, 0.25) is 0 Å². The Morgan fingerprint density at radius 3 is 2.63 bits per heavy atom. The topological polar surface area (TPSA) is 133 Å². The highest BCUT2D eigenvalue weighted by Gasteiger charge is 2.25. The third-order valence-electron chi connectivity index (χ3n) is 2.73. The van der Waals surface area contributed by atoms with Gasteiger partial charge in [0.1, 0.15) is 10.7 Å². The van der Waals surface area contributed by atoms with Gasteiger partial charge in [-0.25, -0.2) is 13.1 Å². The highest BCUT2D eigenvalue weighted by molar-refractivity contribution is 7.89. The summed E-state index contributed by atoms with van der Waals surface area (Å²) in [6, 6.07) is -0.436. The van der Waals surface area contributed by atoms with Gasteiger partial charge in [-0.1, -0.05) is 12.1 Å². The number of nitrogens with two attached hydrogens (primary N) is 1. The summed E-state index contributed by atoms with van der Waals surface area (Å²) in [6.45, 7) is 5.06. The minimum atomic E-state index is -3.68. The second kappa shape index (κ2) is 6.02. The number of nitrogens with one attached hydrogen (secondary N) is 2. The molecule has 0 radical (unpaired) electrons. The van der Waals surface area contributed by atoms with Crippen molar-refractivity contribution in [2.75, 3.05) is 0 Å². The Kier molecular flexibility index (Phi) is 4.90. The number of H-pyrrole nitrogens is 1. The van der Waals surface area contributed by atoms with Crippen molar-refractivity contribution in [2.45, 2.75) is 44.6 Å². The third kappa shape index (κ3) is 3.67. The lowest BCUT2D eigenvalue weighted by atomic mass is 10.1. The zero-order chi connectivity index (χ0) is 14.6.